The van der Waals surface area contributed by atoms with Crippen LogP contribution in [0.25, 0.3) is 0 Å². The summed E-state index contributed by atoms with van der Waals surface area (Å²) in [5.74, 6) is -3.23. The lowest BCUT2D eigenvalue weighted by atomic mass is 9.95. The number of amides is 2. The Hall–Kier alpha value is -2.02. The zero-order valence-corrected chi connectivity index (χ0v) is 15.9. The van der Waals surface area contributed by atoms with Gasteiger partial charge in [0, 0.05) is 37.2 Å². The molecule has 0 radical (unpaired) electrons. The minimum atomic E-state index is -2.86. The number of nitrogens with one attached hydrogen (secondary N) is 1. The van der Waals surface area contributed by atoms with Crippen molar-refractivity contribution in [3.63, 3.8) is 0 Å². The number of carbonyl (C=O) groups excluding carboxylic acids is 2. The lowest BCUT2D eigenvalue weighted by Crippen LogP contribution is -2.64. The molecule has 4 rings (SSSR count). The van der Waals surface area contributed by atoms with Gasteiger partial charge in [0.15, 0.2) is 0 Å². The highest BCUT2D eigenvalue weighted by Gasteiger charge is 2.52. The van der Waals surface area contributed by atoms with E-state index < -0.39 is 24.9 Å². The molecule has 1 aromatic rings. The van der Waals surface area contributed by atoms with Crippen molar-refractivity contribution in [3.05, 3.63) is 35.9 Å². The highest BCUT2D eigenvalue weighted by atomic mass is 19.3. The van der Waals surface area contributed by atoms with Crippen LogP contribution in [0, 0.1) is 0 Å². The quantitative estimate of drug-likeness (QED) is 0.859. The van der Waals surface area contributed by atoms with Crippen LogP contribution in [0.3, 0.4) is 0 Å². The van der Waals surface area contributed by atoms with Crippen LogP contribution in [0.2, 0.25) is 0 Å². The fourth-order valence-electron chi connectivity index (χ4n) is 4.61. The number of hydrogen-bond donors (Lipinski definition) is 1. The molecule has 0 spiro atoms. The molecule has 7 heteroatoms. The third kappa shape index (κ3) is 4.04. The molecule has 5 nitrogen and oxygen atoms in total. The van der Waals surface area contributed by atoms with Crippen LogP contribution in [0.5, 0.6) is 0 Å². The molecule has 2 amide bonds. The Bertz CT molecular complexity index is 716. The average Bonchev–Trinajstić information content (AvgIpc) is 2.97. The van der Waals surface area contributed by atoms with E-state index in [0.29, 0.717) is 18.7 Å². The first kappa shape index (κ1) is 19.3. The number of carbonyl (C=O) groups is 2. The molecule has 1 atom stereocenters. The zero-order chi connectivity index (χ0) is 19.7. The molecular weight excluding hydrogens is 364 g/mol. The lowest BCUT2D eigenvalue weighted by Gasteiger charge is -2.45. The Labute approximate surface area is 164 Å². The molecular formula is C21H27F2N3O2. The molecule has 152 valence electrons. The standard InChI is InChI=1S/C21H27F2N3O2/c22-21(23)11-18(19(27)24-16-9-5-2-6-10-16)26(14-21)17-12-25(13-17)20(28)15-7-3-1-4-8-15/h1,3-4,7-8,16-18H,2,5-6,9-14H2,(H,24,27)/t18-/m0/s1. The number of alkyl halides is 2. The van der Waals surface area contributed by atoms with E-state index in [1.165, 1.54) is 6.42 Å². The number of likely N-dealkylation sites (tertiary alicyclic amines) is 2. The van der Waals surface area contributed by atoms with Crippen LogP contribution in [0.4, 0.5) is 8.78 Å². The predicted molar refractivity (Wildman–Crippen MR) is 101 cm³/mol. The first-order chi connectivity index (χ1) is 13.4. The first-order valence-corrected chi connectivity index (χ1v) is 10.2. The Kier molecular flexibility index (Phi) is 5.36. The van der Waals surface area contributed by atoms with E-state index in [2.05, 4.69) is 5.32 Å². The van der Waals surface area contributed by atoms with Gasteiger partial charge in [-0.1, -0.05) is 37.5 Å². The normalized spacial score (nSPS) is 26.1. The molecule has 3 aliphatic rings. The maximum atomic E-state index is 14.1. The minimum absolute atomic E-state index is 0.0917. The van der Waals surface area contributed by atoms with Gasteiger partial charge >= 0.3 is 0 Å². The molecule has 1 N–H and O–H groups in total. The van der Waals surface area contributed by atoms with Gasteiger partial charge in [-0.2, -0.15) is 0 Å². The number of halogens is 2. The van der Waals surface area contributed by atoms with Gasteiger partial charge in [-0.05, 0) is 25.0 Å². The van der Waals surface area contributed by atoms with Crippen LogP contribution < -0.4 is 5.32 Å². The molecule has 2 aliphatic heterocycles. The fourth-order valence-corrected chi connectivity index (χ4v) is 4.61. The summed E-state index contributed by atoms with van der Waals surface area (Å²) < 4.78 is 28.2. The van der Waals surface area contributed by atoms with E-state index in [1.807, 2.05) is 6.07 Å². The SMILES string of the molecule is O=C(NC1CCCCC1)[C@@H]1CC(F)(F)CN1C1CN(C(=O)c2ccccc2)C1. The highest BCUT2D eigenvalue weighted by Crippen LogP contribution is 2.36. The lowest BCUT2D eigenvalue weighted by molar-refractivity contribution is -0.128. The fraction of sp³-hybridized carbons (Fsp3) is 0.619. The van der Waals surface area contributed by atoms with E-state index in [4.69, 9.17) is 0 Å². The molecule has 28 heavy (non-hydrogen) atoms. The maximum Gasteiger partial charge on any atom is 0.262 e. The smallest absolute Gasteiger partial charge is 0.262 e. The van der Waals surface area contributed by atoms with E-state index in [1.54, 1.807) is 34.1 Å². The van der Waals surface area contributed by atoms with Crippen LogP contribution >= 0.6 is 0 Å². The summed E-state index contributed by atoms with van der Waals surface area (Å²) in [6, 6.07) is 8.06. The topological polar surface area (TPSA) is 52.7 Å². The van der Waals surface area contributed by atoms with Gasteiger partial charge in [0.2, 0.25) is 5.91 Å². The largest absolute Gasteiger partial charge is 0.352 e. The number of rotatable bonds is 4. The predicted octanol–water partition coefficient (Wildman–Crippen LogP) is 2.67. The second-order valence-corrected chi connectivity index (χ2v) is 8.32. The van der Waals surface area contributed by atoms with Crippen molar-refractivity contribution in [3.8, 4) is 0 Å². The minimum Gasteiger partial charge on any atom is -0.352 e. The Balaban J connectivity index is 1.37. The molecule has 1 aromatic carbocycles. The van der Waals surface area contributed by atoms with Gasteiger partial charge in [-0.3, -0.25) is 14.5 Å². The second kappa shape index (κ2) is 7.78. The van der Waals surface area contributed by atoms with Crippen molar-refractivity contribution >= 4 is 11.8 Å². The van der Waals surface area contributed by atoms with Crippen molar-refractivity contribution in [2.24, 2.45) is 0 Å². The van der Waals surface area contributed by atoms with Crippen molar-refractivity contribution in [1.29, 1.82) is 0 Å². The molecule has 1 saturated carbocycles. The second-order valence-electron chi connectivity index (χ2n) is 8.32. The Morgan fingerprint density at radius 3 is 2.39 bits per heavy atom. The Morgan fingerprint density at radius 1 is 1.04 bits per heavy atom. The van der Waals surface area contributed by atoms with Crippen molar-refractivity contribution in [2.45, 2.75) is 62.6 Å². The van der Waals surface area contributed by atoms with Crippen LogP contribution in [-0.4, -0.2) is 65.3 Å². The molecule has 1 aliphatic carbocycles. The van der Waals surface area contributed by atoms with Gasteiger partial charge in [-0.15, -0.1) is 0 Å². The summed E-state index contributed by atoms with van der Waals surface area (Å²) in [4.78, 5) is 28.5. The van der Waals surface area contributed by atoms with Crippen molar-refractivity contribution < 1.29 is 18.4 Å². The van der Waals surface area contributed by atoms with Crippen molar-refractivity contribution in [2.75, 3.05) is 19.6 Å². The summed E-state index contributed by atoms with van der Waals surface area (Å²) in [7, 11) is 0. The monoisotopic (exact) mass is 391 g/mol. The van der Waals surface area contributed by atoms with Gasteiger partial charge in [0.1, 0.15) is 0 Å². The van der Waals surface area contributed by atoms with Gasteiger partial charge in [-0.25, -0.2) is 8.78 Å². The molecule has 0 bridgehead atoms. The van der Waals surface area contributed by atoms with Crippen LogP contribution in [-0.2, 0) is 4.79 Å². The van der Waals surface area contributed by atoms with Gasteiger partial charge in [0.05, 0.1) is 12.6 Å². The van der Waals surface area contributed by atoms with Gasteiger partial charge in [0.25, 0.3) is 11.8 Å². The molecule has 3 fully saturated rings. The van der Waals surface area contributed by atoms with Crippen molar-refractivity contribution in [1.82, 2.24) is 15.1 Å². The molecule has 0 unspecified atom stereocenters. The summed E-state index contributed by atoms with van der Waals surface area (Å²) in [5.41, 5.74) is 0.597. The summed E-state index contributed by atoms with van der Waals surface area (Å²) in [6.07, 6.45) is 4.75. The first-order valence-electron chi connectivity index (χ1n) is 10.2. The summed E-state index contributed by atoms with van der Waals surface area (Å²) in [5, 5.41) is 3.00. The highest BCUT2D eigenvalue weighted by molar-refractivity contribution is 5.94. The molecule has 2 heterocycles. The number of benzene rings is 1. The number of hydrogen-bond acceptors (Lipinski definition) is 3. The van der Waals surface area contributed by atoms with E-state index in [9.17, 15) is 18.4 Å². The van der Waals surface area contributed by atoms with Gasteiger partial charge < -0.3 is 10.2 Å². The Morgan fingerprint density at radius 2 is 1.71 bits per heavy atom. The third-order valence-corrected chi connectivity index (χ3v) is 6.20. The average molecular weight is 391 g/mol. The van der Waals surface area contributed by atoms with E-state index in [0.717, 1.165) is 25.7 Å². The zero-order valence-electron chi connectivity index (χ0n) is 15.9. The third-order valence-electron chi connectivity index (χ3n) is 6.20. The number of nitrogens with zero attached hydrogens (tertiary/aromatic N) is 2. The van der Waals surface area contributed by atoms with E-state index >= 15 is 0 Å². The molecule has 0 aromatic heterocycles. The van der Waals surface area contributed by atoms with Crippen LogP contribution in [0.1, 0.15) is 48.9 Å². The summed E-state index contributed by atoms with van der Waals surface area (Å²) in [6.45, 7) is 0.363. The summed E-state index contributed by atoms with van der Waals surface area (Å²) >= 11 is 0. The van der Waals surface area contributed by atoms with E-state index in [-0.39, 0.29) is 23.9 Å². The van der Waals surface area contributed by atoms with Crippen LogP contribution in [0.15, 0.2) is 30.3 Å². The molecule has 2 saturated heterocycles. The maximum absolute atomic E-state index is 14.1.